The van der Waals surface area contributed by atoms with Gasteiger partial charge in [0.2, 0.25) is 0 Å². The Kier molecular flexibility index (Phi) is 6.60. The average molecular weight is 381 g/mol. The van der Waals surface area contributed by atoms with Crippen molar-refractivity contribution in [1.29, 1.82) is 0 Å². The summed E-state index contributed by atoms with van der Waals surface area (Å²) in [5.41, 5.74) is 0.998. The maximum absolute atomic E-state index is 12.7. The lowest BCUT2D eigenvalue weighted by molar-refractivity contribution is -0.133. The van der Waals surface area contributed by atoms with E-state index in [2.05, 4.69) is 4.40 Å². The van der Waals surface area contributed by atoms with Crippen molar-refractivity contribution in [3.63, 3.8) is 0 Å². The van der Waals surface area contributed by atoms with Gasteiger partial charge in [-0.3, -0.25) is 0 Å². The van der Waals surface area contributed by atoms with Crippen LogP contribution in [0.15, 0.2) is 45.7 Å². The summed E-state index contributed by atoms with van der Waals surface area (Å²) in [6, 6.07) is 6.69. The normalized spacial score (nSPS) is 20.7. The Morgan fingerprint density at radius 3 is 2.38 bits per heavy atom. The molecule has 1 aromatic carbocycles. The largest absolute Gasteiger partial charge is 0.357 e. The second kappa shape index (κ2) is 8.33. The number of ether oxygens (including phenoxy) is 2. The topological polar surface area (TPSA) is 68.2 Å². The van der Waals surface area contributed by atoms with Crippen LogP contribution in [0.1, 0.15) is 33.3 Å². The fourth-order valence-electron chi connectivity index (χ4n) is 2.63. The van der Waals surface area contributed by atoms with Gasteiger partial charge in [0.1, 0.15) is 11.9 Å². The summed E-state index contributed by atoms with van der Waals surface area (Å²) in [5, 5.41) is 0. The third-order valence-electron chi connectivity index (χ3n) is 4.11. The number of likely N-dealkylation sites (N-methyl/N-ethyl adjacent to an activating group) is 1. The van der Waals surface area contributed by atoms with E-state index in [0.29, 0.717) is 25.5 Å². The Hall–Kier alpha value is -1.70. The Morgan fingerprint density at radius 2 is 1.88 bits per heavy atom. The van der Waals surface area contributed by atoms with Gasteiger partial charge in [0.15, 0.2) is 5.79 Å². The van der Waals surface area contributed by atoms with E-state index in [1.165, 1.54) is 0 Å². The van der Waals surface area contributed by atoms with Gasteiger partial charge in [-0.2, -0.15) is 8.42 Å². The third-order valence-corrected chi connectivity index (χ3v) is 5.41. The predicted octanol–water partition coefficient (Wildman–Crippen LogP) is 3.13. The lowest BCUT2D eigenvalue weighted by atomic mass is 10.2. The summed E-state index contributed by atoms with van der Waals surface area (Å²) in [5.74, 6) is -0.237. The molecule has 0 saturated carbocycles. The standard InChI is InChI=1S/C19H28N2O4S/c1-6-21(7-2)18(13-10-16-14-24-19(4,5)25-16)20-26(22,23)17-11-8-15(3)9-12-17/h8-13,16H,6-7,14H2,1-5H3/b13-10+,20-18-/t16-/m1/s1. The minimum absolute atomic E-state index is 0.183. The molecule has 1 heterocycles. The Bertz CT molecular complexity index is 763. The van der Waals surface area contributed by atoms with Gasteiger partial charge in [0, 0.05) is 13.1 Å². The molecule has 0 unspecified atom stereocenters. The van der Waals surface area contributed by atoms with Gasteiger partial charge in [0.25, 0.3) is 10.0 Å². The molecular weight excluding hydrogens is 352 g/mol. The SMILES string of the molecule is CCN(CC)C(/C=C/[C@@H]1COC(C)(C)O1)=N\S(=O)(=O)c1ccc(C)cc1. The van der Waals surface area contributed by atoms with Crippen molar-refractivity contribution in [2.24, 2.45) is 4.40 Å². The zero-order valence-corrected chi connectivity index (χ0v) is 16.9. The van der Waals surface area contributed by atoms with Crippen LogP contribution in [-0.4, -0.2) is 50.7 Å². The first-order valence-corrected chi connectivity index (χ1v) is 10.3. The fourth-order valence-corrected chi connectivity index (χ4v) is 3.64. The molecule has 0 aliphatic carbocycles. The summed E-state index contributed by atoms with van der Waals surface area (Å²) in [6.07, 6.45) is 3.28. The highest BCUT2D eigenvalue weighted by atomic mass is 32.2. The van der Waals surface area contributed by atoms with Gasteiger partial charge >= 0.3 is 0 Å². The number of amidine groups is 1. The molecule has 0 spiro atoms. The van der Waals surface area contributed by atoms with Gasteiger partial charge in [-0.25, -0.2) is 0 Å². The first-order valence-electron chi connectivity index (χ1n) is 8.83. The third kappa shape index (κ3) is 5.40. The summed E-state index contributed by atoms with van der Waals surface area (Å²) in [4.78, 5) is 2.08. The molecule has 0 aromatic heterocycles. The minimum atomic E-state index is -3.79. The first kappa shape index (κ1) is 20.6. The maximum atomic E-state index is 12.7. The highest BCUT2D eigenvalue weighted by molar-refractivity contribution is 7.90. The quantitative estimate of drug-likeness (QED) is 0.560. The molecule has 1 saturated heterocycles. The number of rotatable bonds is 6. The fraction of sp³-hybridized carbons (Fsp3) is 0.526. The lowest BCUT2D eigenvalue weighted by Gasteiger charge is -2.21. The Balaban J connectivity index is 2.31. The van der Waals surface area contributed by atoms with Crippen molar-refractivity contribution >= 4 is 15.9 Å². The van der Waals surface area contributed by atoms with Gasteiger partial charge in [0.05, 0.1) is 11.5 Å². The monoisotopic (exact) mass is 380 g/mol. The van der Waals surface area contributed by atoms with Crippen LogP contribution >= 0.6 is 0 Å². The van der Waals surface area contributed by atoms with Crippen LogP contribution in [0.2, 0.25) is 0 Å². The van der Waals surface area contributed by atoms with Crippen LogP contribution < -0.4 is 0 Å². The van der Waals surface area contributed by atoms with E-state index in [1.807, 2.05) is 39.5 Å². The number of sulfonamides is 1. The molecule has 2 rings (SSSR count). The molecule has 0 amide bonds. The van der Waals surface area contributed by atoms with Crippen LogP contribution in [0.3, 0.4) is 0 Å². The van der Waals surface area contributed by atoms with E-state index in [9.17, 15) is 8.42 Å². The highest BCUT2D eigenvalue weighted by Crippen LogP contribution is 2.23. The molecule has 1 fully saturated rings. The van der Waals surface area contributed by atoms with E-state index in [-0.39, 0.29) is 11.0 Å². The van der Waals surface area contributed by atoms with Crippen LogP contribution in [0, 0.1) is 6.92 Å². The van der Waals surface area contributed by atoms with Crippen LogP contribution in [0.25, 0.3) is 0 Å². The molecule has 0 N–H and O–H groups in total. The summed E-state index contributed by atoms with van der Waals surface area (Å²) < 4.78 is 40.7. The van der Waals surface area contributed by atoms with Crippen molar-refractivity contribution in [3.8, 4) is 0 Å². The number of aryl methyl sites for hydroxylation is 1. The molecule has 1 atom stereocenters. The Morgan fingerprint density at radius 1 is 1.27 bits per heavy atom. The molecule has 26 heavy (non-hydrogen) atoms. The first-order chi connectivity index (χ1) is 12.2. The highest BCUT2D eigenvalue weighted by Gasteiger charge is 2.31. The minimum Gasteiger partial charge on any atom is -0.357 e. The van der Waals surface area contributed by atoms with E-state index in [0.717, 1.165) is 5.56 Å². The van der Waals surface area contributed by atoms with Gasteiger partial charge in [-0.1, -0.05) is 17.7 Å². The number of nitrogens with zero attached hydrogens (tertiary/aromatic N) is 2. The summed E-state index contributed by atoms with van der Waals surface area (Å²) in [7, 11) is -3.79. The van der Waals surface area contributed by atoms with Crippen molar-refractivity contribution < 1.29 is 17.9 Å². The van der Waals surface area contributed by atoms with Gasteiger partial charge < -0.3 is 14.4 Å². The number of hydrogen-bond donors (Lipinski definition) is 0. The maximum Gasteiger partial charge on any atom is 0.284 e. The predicted molar refractivity (Wildman–Crippen MR) is 103 cm³/mol. The molecule has 1 aliphatic heterocycles. The van der Waals surface area contributed by atoms with E-state index >= 15 is 0 Å². The molecule has 1 aromatic rings. The molecule has 144 valence electrons. The molecule has 0 bridgehead atoms. The number of benzene rings is 1. The van der Waals surface area contributed by atoms with Gasteiger partial charge in [-0.15, -0.1) is 4.40 Å². The Labute approximate surface area is 156 Å². The second-order valence-corrected chi connectivity index (χ2v) is 8.24. The van der Waals surface area contributed by atoms with Crippen molar-refractivity contribution in [1.82, 2.24) is 4.90 Å². The van der Waals surface area contributed by atoms with Crippen molar-refractivity contribution in [2.75, 3.05) is 19.7 Å². The van der Waals surface area contributed by atoms with Gasteiger partial charge in [-0.05, 0) is 58.9 Å². The van der Waals surface area contributed by atoms with Crippen LogP contribution in [-0.2, 0) is 19.5 Å². The molecular formula is C19H28N2O4S. The summed E-state index contributed by atoms with van der Waals surface area (Å²) >= 11 is 0. The smallest absolute Gasteiger partial charge is 0.284 e. The second-order valence-electron chi connectivity index (χ2n) is 6.64. The lowest BCUT2D eigenvalue weighted by Crippen LogP contribution is -2.30. The molecule has 6 nitrogen and oxygen atoms in total. The van der Waals surface area contributed by atoms with E-state index in [1.54, 1.807) is 36.4 Å². The van der Waals surface area contributed by atoms with Crippen LogP contribution in [0.4, 0.5) is 0 Å². The van der Waals surface area contributed by atoms with E-state index in [4.69, 9.17) is 9.47 Å². The number of hydrogen-bond acceptors (Lipinski definition) is 4. The summed E-state index contributed by atoms with van der Waals surface area (Å²) in [6.45, 7) is 11.3. The zero-order chi connectivity index (χ0) is 19.4. The van der Waals surface area contributed by atoms with E-state index < -0.39 is 15.8 Å². The zero-order valence-electron chi connectivity index (χ0n) is 16.1. The molecule has 0 radical (unpaired) electrons. The van der Waals surface area contributed by atoms with Crippen molar-refractivity contribution in [3.05, 3.63) is 42.0 Å². The molecule has 1 aliphatic rings. The van der Waals surface area contributed by atoms with Crippen molar-refractivity contribution in [2.45, 2.75) is 51.4 Å². The average Bonchev–Trinajstić information content (AvgIpc) is 2.93. The van der Waals surface area contributed by atoms with Crippen LogP contribution in [0.5, 0.6) is 0 Å². The molecule has 7 heteroatoms.